The minimum Gasteiger partial charge on any atom is -0.441 e. The molecular weight excluding hydrogens is 395 g/mol. The van der Waals surface area contributed by atoms with Crippen LogP contribution in [0.5, 0.6) is 0 Å². The van der Waals surface area contributed by atoms with E-state index < -0.39 is 5.82 Å². The van der Waals surface area contributed by atoms with Crippen LogP contribution in [0.15, 0.2) is 52.9 Å². The summed E-state index contributed by atoms with van der Waals surface area (Å²) in [5, 5.41) is 7.25. The number of amides is 1. The Labute approximate surface area is 179 Å². The quantitative estimate of drug-likeness (QED) is 0.483. The number of aromatic nitrogens is 3. The van der Waals surface area contributed by atoms with Gasteiger partial charge in [-0.15, -0.1) is 0 Å². The van der Waals surface area contributed by atoms with E-state index in [4.69, 9.17) is 4.42 Å². The predicted octanol–water partition coefficient (Wildman–Crippen LogP) is 5.21. The molecule has 0 fully saturated rings. The smallest absolute Gasteiger partial charge is 0.255 e. The van der Waals surface area contributed by atoms with Crippen LogP contribution in [0.3, 0.4) is 0 Å². The molecule has 0 saturated heterocycles. The monoisotopic (exact) mass is 418 g/mol. The second-order valence-corrected chi connectivity index (χ2v) is 7.60. The van der Waals surface area contributed by atoms with E-state index in [2.05, 4.69) is 15.4 Å². The van der Waals surface area contributed by atoms with Crippen molar-refractivity contribution in [1.29, 1.82) is 0 Å². The van der Waals surface area contributed by atoms with Crippen molar-refractivity contribution in [3.63, 3.8) is 0 Å². The summed E-state index contributed by atoms with van der Waals surface area (Å²) < 4.78 is 21.5. The van der Waals surface area contributed by atoms with Gasteiger partial charge in [-0.05, 0) is 75.7 Å². The molecule has 2 aromatic heterocycles. The molecule has 4 aromatic rings. The van der Waals surface area contributed by atoms with E-state index in [0.717, 1.165) is 28.4 Å². The molecule has 2 heterocycles. The van der Waals surface area contributed by atoms with Gasteiger partial charge in [0.15, 0.2) is 0 Å². The van der Waals surface area contributed by atoms with Gasteiger partial charge in [-0.1, -0.05) is 6.07 Å². The lowest BCUT2D eigenvalue weighted by Crippen LogP contribution is -2.12. The number of benzene rings is 2. The highest BCUT2D eigenvalue weighted by atomic mass is 19.1. The number of aryl methyl sites for hydroxylation is 4. The van der Waals surface area contributed by atoms with E-state index in [1.54, 1.807) is 31.2 Å². The van der Waals surface area contributed by atoms with Gasteiger partial charge < -0.3 is 9.73 Å². The molecule has 1 amide bonds. The Morgan fingerprint density at radius 1 is 1.06 bits per heavy atom. The van der Waals surface area contributed by atoms with Gasteiger partial charge >= 0.3 is 0 Å². The average Bonchev–Trinajstić information content (AvgIpc) is 3.25. The van der Waals surface area contributed by atoms with Crippen molar-refractivity contribution in [2.75, 3.05) is 5.32 Å². The summed E-state index contributed by atoms with van der Waals surface area (Å²) in [6.07, 6.45) is 0. The van der Waals surface area contributed by atoms with Crippen molar-refractivity contribution < 1.29 is 13.6 Å². The molecule has 0 radical (unpaired) electrons. The van der Waals surface area contributed by atoms with Crippen LogP contribution < -0.4 is 5.32 Å². The molecule has 0 aliphatic heterocycles. The fraction of sp³-hybridized carbons (Fsp3) is 0.208. The Balaban J connectivity index is 1.48. The van der Waals surface area contributed by atoms with Gasteiger partial charge in [0, 0.05) is 22.5 Å². The molecule has 0 atom stereocenters. The van der Waals surface area contributed by atoms with Gasteiger partial charge in [-0.25, -0.2) is 9.37 Å². The fourth-order valence-corrected chi connectivity index (χ4v) is 3.31. The molecule has 2 aromatic carbocycles. The molecule has 0 unspecified atom stereocenters. The molecule has 31 heavy (non-hydrogen) atoms. The first-order valence-corrected chi connectivity index (χ1v) is 9.95. The van der Waals surface area contributed by atoms with Crippen molar-refractivity contribution >= 4 is 11.6 Å². The first-order valence-electron chi connectivity index (χ1n) is 9.95. The summed E-state index contributed by atoms with van der Waals surface area (Å²) >= 11 is 0. The van der Waals surface area contributed by atoms with Crippen LogP contribution in [0.25, 0.3) is 11.5 Å². The van der Waals surface area contributed by atoms with Gasteiger partial charge in [0.2, 0.25) is 5.89 Å². The third-order valence-corrected chi connectivity index (χ3v) is 5.12. The minimum atomic E-state index is -0.404. The number of hydrogen-bond donors (Lipinski definition) is 1. The lowest BCUT2D eigenvalue weighted by molar-refractivity contribution is 0.102. The summed E-state index contributed by atoms with van der Waals surface area (Å²) in [6, 6.07) is 13.6. The highest BCUT2D eigenvalue weighted by Gasteiger charge is 2.14. The lowest BCUT2D eigenvalue weighted by atomic mass is 10.1. The van der Waals surface area contributed by atoms with Gasteiger partial charge in [0.05, 0.1) is 12.2 Å². The van der Waals surface area contributed by atoms with E-state index >= 15 is 0 Å². The Morgan fingerprint density at radius 2 is 1.81 bits per heavy atom. The van der Waals surface area contributed by atoms with E-state index in [1.165, 1.54) is 6.07 Å². The molecule has 6 nitrogen and oxygen atoms in total. The molecule has 0 spiro atoms. The number of nitrogens with one attached hydrogen (secondary N) is 1. The second kappa shape index (κ2) is 8.18. The van der Waals surface area contributed by atoms with E-state index in [-0.39, 0.29) is 11.5 Å². The van der Waals surface area contributed by atoms with E-state index in [1.807, 2.05) is 43.7 Å². The number of halogens is 1. The zero-order valence-electron chi connectivity index (χ0n) is 17.9. The second-order valence-electron chi connectivity index (χ2n) is 7.60. The SMILES string of the molecule is Cc1cc(C)n(Cc2nc(-c3ccc(NC(=O)c4ccc(C)c(F)c4)cc3)oc2C)n1. The summed E-state index contributed by atoms with van der Waals surface area (Å²) in [5.74, 6) is 0.471. The zero-order chi connectivity index (χ0) is 22.1. The van der Waals surface area contributed by atoms with Crippen LogP contribution in [0.2, 0.25) is 0 Å². The van der Waals surface area contributed by atoms with Crippen LogP contribution in [-0.2, 0) is 6.54 Å². The molecule has 0 aliphatic rings. The molecule has 7 heteroatoms. The van der Waals surface area contributed by atoms with Crippen LogP contribution in [0.4, 0.5) is 10.1 Å². The highest BCUT2D eigenvalue weighted by Crippen LogP contribution is 2.24. The molecule has 1 N–H and O–H groups in total. The van der Waals surface area contributed by atoms with Crippen molar-refractivity contribution in [2.24, 2.45) is 0 Å². The van der Waals surface area contributed by atoms with Gasteiger partial charge in [0.1, 0.15) is 17.3 Å². The first-order chi connectivity index (χ1) is 14.8. The Morgan fingerprint density at radius 3 is 2.45 bits per heavy atom. The van der Waals surface area contributed by atoms with Crippen molar-refractivity contribution in [3.8, 4) is 11.5 Å². The third kappa shape index (κ3) is 4.40. The Kier molecular flexibility index (Phi) is 5.42. The van der Waals surface area contributed by atoms with E-state index in [9.17, 15) is 9.18 Å². The normalized spacial score (nSPS) is 11.0. The Bertz CT molecular complexity index is 1260. The maximum atomic E-state index is 13.7. The molecule has 4 rings (SSSR count). The molecule has 0 aliphatic carbocycles. The number of carbonyl (C=O) groups excluding carboxylic acids is 1. The summed E-state index contributed by atoms with van der Waals surface area (Å²) in [5.41, 5.74) is 5.01. The topological polar surface area (TPSA) is 73.0 Å². The zero-order valence-corrected chi connectivity index (χ0v) is 17.9. The number of oxazole rings is 1. The summed E-state index contributed by atoms with van der Waals surface area (Å²) in [7, 11) is 0. The largest absolute Gasteiger partial charge is 0.441 e. The van der Waals surface area contributed by atoms with Crippen LogP contribution in [0, 0.1) is 33.5 Å². The first kappa shape index (κ1) is 20.5. The van der Waals surface area contributed by atoms with Crippen LogP contribution in [-0.4, -0.2) is 20.7 Å². The van der Waals surface area contributed by atoms with Gasteiger partial charge in [0.25, 0.3) is 5.91 Å². The number of nitrogens with zero attached hydrogens (tertiary/aromatic N) is 3. The predicted molar refractivity (Wildman–Crippen MR) is 117 cm³/mol. The van der Waals surface area contributed by atoms with E-state index in [0.29, 0.717) is 23.7 Å². The summed E-state index contributed by atoms with van der Waals surface area (Å²) in [6.45, 7) is 8.04. The maximum Gasteiger partial charge on any atom is 0.255 e. The molecule has 0 saturated carbocycles. The standard InChI is InChI=1S/C24H23FN4O2/c1-14-5-6-19(12-21(14)25)23(30)26-20-9-7-18(8-10-20)24-27-22(17(4)31-24)13-29-16(3)11-15(2)28-29/h5-12H,13H2,1-4H3,(H,26,30). The lowest BCUT2D eigenvalue weighted by Gasteiger charge is -2.06. The van der Waals surface area contributed by atoms with Crippen molar-refractivity contribution in [3.05, 3.63) is 88.3 Å². The number of rotatable bonds is 5. The molecule has 158 valence electrons. The van der Waals surface area contributed by atoms with Crippen molar-refractivity contribution in [1.82, 2.24) is 14.8 Å². The maximum absolute atomic E-state index is 13.7. The van der Waals surface area contributed by atoms with Crippen LogP contribution in [0.1, 0.15) is 38.8 Å². The summed E-state index contributed by atoms with van der Waals surface area (Å²) in [4.78, 5) is 17.0. The number of hydrogen-bond acceptors (Lipinski definition) is 4. The van der Waals surface area contributed by atoms with Gasteiger partial charge in [-0.2, -0.15) is 5.10 Å². The van der Waals surface area contributed by atoms with Crippen molar-refractivity contribution in [2.45, 2.75) is 34.2 Å². The molecule has 0 bridgehead atoms. The average molecular weight is 418 g/mol. The Hall–Kier alpha value is -3.74. The number of carbonyl (C=O) groups is 1. The fourth-order valence-electron chi connectivity index (χ4n) is 3.31. The molecular formula is C24H23FN4O2. The third-order valence-electron chi connectivity index (χ3n) is 5.12. The van der Waals surface area contributed by atoms with Crippen LogP contribution >= 0.6 is 0 Å². The minimum absolute atomic E-state index is 0.268. The number of anilines is 1. The highest BCUT2D eigenvalue weighted by molar-refractivity contribution is 6.04. The van der Waals surface area contributed by atoms with Gasteiger partial charge in [-0.3, -0.25) is 9.48 Å².